The fourth-order valence-corrected chi connectivity index (χ4v) is 1.26. The highest BCUT2D eigenvalue weighted by atomic mass is 35.5. The van der Waals surface area contributed by atoms with E-state index in [9.17, 15) is 4.79 Å². The first-order valence-electron chi connectivity index (χ1n) is 4.39. The number of carbonyl (C=O) groups excluding carboxylic acids is 1. The van der Waals surface area contributed by atoms with Crippen molar-refractivity contribution < 1.29 is 4.79 Å². The molecule has 1 rings (SSSR count). The molecule has 3 N–H and O–H groups in total. The lowest BCUT2D eigenvalue weighted by molar-refractivity contribution is -0.116. The molecule has 0 bridgehead atoms. The third-order valence-corrected chi connectivity index (χ3v) is 1.85. The van der Waals surface area contributed by atoms with Gasteiger partial charge in [-0.1, -0.05) is 17.7 Å². The van der Waals surface area contributed by atoms with Gasteiger partial charge in [0.15, 0.2) is 0 Å². The first-order chi connectivity index (χ1) is 6.58. The van der Waals surface area contributed by atoms with Gasteiger partial charge in [-0.25, -0.2) is 0 Å². The molecule has 14 heavy (non-hydrogen) atoms. The maximum atomic E-state index is 11.3. The Hall–Kier alpha value is -1.06. The normalized spacial score (nSPS) is 12.2. The first kappa shape index (κ1) is 11.0. The molecule has 4 heteroatoms. The Bertz CT molecular complexity index is 326. The van der Waals surface area contributed by atoms with Crippen LogP contribution in [0.25, 0.3) is 0 Å². The molecule has 1 aromatic carbocycles. The number of carbonyl (C=O) groups is 1. The molecule has 0 saturated carbocycles. The largest absolute Gasteiger partial charge is 0.327 e. The highest BCUT2D eigenvalue weighted by Crippen LogP contribution is 2.14. The molecular weight excluding hydrogens is 200 g/mol. The van der Waals surface area contributed by atoms with Gasteiger partial charge < -0.3 is 11.1 Å². The molecule has 0 saturated heterocycles. The summed E-state index contributed by atoms with van der Waals surface area (Å²) in [5.74, 6) is -0.0951. The highest BCUT2D eigenvalue weighted by Gasteiger charge is 2.05. The average molecular weight is 213 g/mol. The predicted molar refractivity (Wildman–Crippen MR) is 58.3 cm³/mol. The summed E-state index contributed by atoms with van der Waals surface area (Å²) in [5, 5.41) is 3.31. The SMILES string of the molecule is CC(N)CC(=O)Nc1cccc(Cl)c1. The first-order valence-corrected chi connectivity index (χ1v) is 4.76. The molecule has 0 heterocycles. The molecule has 3 nitrogen and oxygen atoms in total. The standard InChI is InChI=1S/C10H13ClN2O/c1-7(12)5-10(14)13-9-4-2-3-8(11)6-9/h2-4,6-7H,5,12H2,1H3,(H,13,14). The van der Waals surface area contributed by atoms with Gasteiger partial charge in [-0.15, -0.1) is 0 Å². The van der Waals surface area contributed by atoms with Crippen LogP contribution in [-0.4, -0.2) is 11.9 Å². The zero-order chi connectivity index (χ0) is 10.6. The molecule has 1 aromatic rings. The second kappa shape index (κ2) is 4.98. The number of anilines is 1. The molecule has 0 fully saturated rings. The van der Waals surface area contributed by atoms with Gasteiger partial charge in [0, 0.05) is 23.2 Å². The Kier molecular flexibility index (Phi) is 3.92. The van der Waals surface area contributed by atoms with Gasteiger partial charge in [0.05, 0.1) is 0 Å². The minimum absolute atomic E-state index is 0.0951. The number of nitrogens with two attached hydrogens (primary N) is 1. The van der Waals surface area contributed by atoms with E-state index >= 15 is 0 Å². The molecule has 76 valence electrons. The van der Waals surface area contributed by atoms with E-state index in [0.717, 1.165) is 0 Å². The summed E-state index contributed by atoms with van der Waals surface area (Å²) in [6.07, 6.45) is 0.312. The Morgan fingerprint density at radius 3 is 2.93 bits per heavy atom. The molecule has 1 amide bonds. The zero-order valence-electron chi connectivity index (χ0n) is 7.96. The number of nitrogens with one attached hydrogen (secondary N) is 1. The van der Waals surface area contributed by atoms with Crippen LogP contribution in [0.15, 0.2) is 24.3 Å². The number of hydrogen-bond donors (Lipinski definition) is 2. The van der Waals surface area contributed by atoms with Crippen molar-refractivity contribution in [3.63, 3.8) is 0 Å². The van der Waals surface area contributed by atoms with Gasteiger partial charge in [0.2, 0.25) is 5.91 Å². The Balaban J connectivity index is 2.56. The van der Waals surface area contributed by atoms with Crippen LogP contribution in [-0.2, 0) is 4.79 Å². The topological polar surface area (TPSA) is 55.1 Å². The van der Waals surface area contributed by atoms with E-state index < -0.39 is 0 Å². The van der Waals surface area contributed by atoms with Crippen molar-refractivity contribution in [2.24, 2.45) is 5.73 Å². The summed E-state index contributed by atoms with van der Waals surface area (Å²) in [4.78, 5) is 11.3. The van der Waals surface area contributed by atoms with E-state index in [0.29, 0.717) is 17.1 Å². The molecule has 1 atom stereocenters. The van der Waals surface area contributed by atoms with E-state index in [-0.39, 0.29) is 11.9 Å². The molecule has 0 aliphatic carbocycles. The molecule has 0 aromatic heterocycles. The van der Waals surface area contributed by atoms with E-state index in [1.807, 2.05) is 0 Å². The van der Waals surface area contributed by atoms with Crippen LogP contribution in [0.2, 0.25) is 5.02 Å². The van der Waals surface area contributed by atoms with Crippen molar-refractivity contribution in [1.29, 1.82) is 0 Å². The molecule has 0 aliphatic rings. The van der Waals surface area contributed by atoms with Crippen LogP contribution < -0.4 is 11.1 Å². The Morgan fingerprint density at radius 2 is 2.36 bits per heavy atom. The number of halogens is 1. The van der Waals surface area contributed by atoms with Crippen LogP contribution in [0.5, 0.6) is 0 Å². The van der Waals surface area contributed by atoms with Crippen LogP contribution >= 0.6 is 11.6 Å². The second-order valence-electron chi connectivity index (χ2n) is 3.24. The average Bonchev–Trinajstić information content (AvgIpc) is 2.01. The third-order valence-electron chi connectivity index (χ3n) is 1.62. The van der Waals surface area contributed by atoms with Gasteiger partial charge in [-0.05, 0) is 25.1 Å². The number of hydrogen-bond acceptors (Lipinski definition) is 2. The van der Waals surface area contributed by atoms with Crippen LogP contribution in [0.1, 0.15) is 13.3 Å². The smallest absolute Gasteiger partial charge is 0.225 e. The summed E-state index contributed by atoms with van der Waals surface area (Å²) in [6.45, 7) is 1.79. The third kappa shape index (κ3) is 3.77. The summed E-state index contributed by atoms with van der Waals surface area (Å²) >= 11 is 5.76. The Labute approximate surface area is 88.2 Å². The number of rotatable bonds is 3. The maximum Gasteiger partial charge on any atom is 0.225 e. The number of amides is 1. The van der Waals surface area contributed by atoms with Crippen LogP contribution in [0, 0.1) is 0 Å². The monoisotopic (exact) mass is 212 g/mol. The van der Waals surface area contributed by atoms with Gasteiger partial charge in [-0.2, -0.15) is 0 Å². The Morgan fingerprint density at radius 1 is 1.64 bits per heavy atom. The molecule has 0 radical (unpaired) electrons. The van der Waals surface area contributed by atoms with Gasteiger partial charge in [0.25, 0.3) is 0 Å². The van der Waals surface area contributed by atoms with Gasteiger partial charge in [0.1, 0.15) is 0 Å². The summed E-state index contributed by atoms with van der Waals surface area (Å²) in [5.41, 5.74) is 6.19. The molecule has 0 spiro atoms. The quantitative estimate of drug-likeness (QED) is 0.806. The minimum Gasteiger partial charge on any atom is -0.327 e. The fraction of sp³-hybridized carbons (Fsp3) is 0.300. The maximum absolute atomic E-state index is 11.3. The highest BCUT2D eigenvalue weighted by molar-refractivity contribution is 6.30. The molecular formula is C10H13ClN2O. The van der Waals surface area contributed by atoms with E-state index in [1.54, 1.807) is 31.2 Å². The lowest BCUT2D eigenvalue weighted by atomic mass is 10.2. The molecule has 0 aliphatic heterocycles. The zero-order valence-corrected chi connectivity index (χ0v) is 8.71. The van der Waals surface area contributed by atoms with Crippen LogP contribution in [0.3, 0.4) is 0 Å². The van der Waals surface area contributed by atoms with Crippen molar-refractivity contribution in [2.75, 3.05) is 5.32 Å². The molecule has 1 unspecified atom stereocenters. The minimum atomic E-state index is -0.130. The summed E-state index contributed by atoms with van der Waals surface area (Å²) < 4.78 is 0. The van der Waals surface area contributed by atoms with Crippen molar-refractivity contribution in [2.45, 2.75) is 19.4 Å². The number of benzene rings is 1. The lowest BCUT2D eigenvalue weighted by Gasteiger charge is -2.07. The second-order valence-corrected chi connectivity index (χ2v) is 3.68. The summed E-state index contributed by atoms with van der Waals surface area (Å²) in [6, 6.07) is 6.88. The van der Waals surface area contributed by atoms with Gasteiger partial charge >= 0.3 is 0 Å². The van der Waals surface area contributed by atoms with Crippen molar-refractivity contribution in [3.8, 4) is 0 Å². The van der Waals surface area contributed by atoms with E-state index in [1.165, 1.54) is 0 Å². The fourth-order valence-electron chi connectivity index (χ4n) is 1.07. The van der Waals surface area contributed by atoms with E-state index in [4.69, 9.17) is 17.3 Å². The van der Waals surface area contributed by atoms with Crippen molar-refractivity contribution in [1.82, 2.24) is 0 Å². The predicted octanol–water partition coefficient (Wildman–Crippen LogP) is 2.02. The van der Waals surface area contributed by atoms with Crippen molar-refractivity contribution >= 4 is 23.2 Å². The van der Waals surface area contributed by atoms with E-state index in [2.05, 4.69) is 5.32 Å². The lowest BCUT2D eigenvalue weighted by Crippen LogP contribution is -2.23. The summed E-state index contributed by atoms with van der Waals surface area (Å²) in [7, 11) is 0. The van der Waals surface area contributed by atoms with Crippen LogP contribution in [0.4, 0.5) is 5.69 Å². The van der Waals surface area contributed by atoms with Gasteiger partial charge in [-0.3, -0.25) is 4.79 Å². The van der Waals surface area contributed by atoms with Crippen molar-refractivity contribution in [3.05, 3.63) is 29.3 Å².